The van der Waals surface area contributed by atoms with Crippen LogP contribution in [0.15, 0.2) is 10.6 Å². The largest absolute Gasteiger partial charge is 0.376 e. The SMILES string of the molecule is Cc1cc(NC(=O)N(C[C@H]2CCCO2)C[C@@H]2CCCO2)no1. The fourth-order valence-electron chi connectivity index (χ4n) is 2.92. The highest BCUT2D eigenvalue weighted by atomic mass is 16.5. The number of nitrogens with one attached hydrogen (secondary N) is 1. The van der Waals surface area contributed by atoms with Crippen LogP contribution in [0.1, 0.15) is 31.4 Å². The Bertz CT molecular complexity index is 475. The molecule has 0 unspecified atom stereocenters. The molecule has 1 aromatic rings. The maximum absolute atomic E-state index is 12.5. The van der Waals surface area contributed by atoms with E-state index in [-0.39, 0.29) is 18.2 Å². The van der Waals surface area contributed by atoms with Crippen LogP contribution in [0.25, 0.3) is 0 Å². The minimum atomic E-state index is -0.181. The number of aryl methyl sites for hydroxylation is 1. The Balaban J connectivity index is 1.61. The van der Waals surface area contributed by atoms with Crippen LogP contribution < -0.4 is 5.32 Å². The molecule has 0 aliphatic carbocycles. The first kappa shape index (κ1) is 15.3. The number of amides is 2. The fraction of sp³-hybridized carbons (Fsp3) is 0.733. The average molecular weight is 309 g/mol. The molecular weight excluding hydrogens is 286 g/mol. The van der Waals surface area contributed by atoms with Crippen molar-refractivity contribution in [2.24, 2.45) is 0 Å². The number of carbonyl (C=O) groups is 1. The highest BCUT2D eigenvalue weighted by Gasteiger charge is 2.27. The van der Waals surface area contributed by atoms with Gasteiger partial charge < -0.3 is 18.9 Å². The normalized spacial score (nSPS) is 24.6. The standard InChI is InChI=1S/C15H23N3O4/c1-11-8-14(17-22-11)16-15(19)18(9-12-4-2-6-20-12)10-13-5-3-7-21-13/h8,12-13H,2-7,9-10H2,1H3,(H,16,17,19)/t12-,13+. The molecule has 2 saturated heterocycles. The minimum Gasteiger partial charge on any atom is -0.376 e. The number of ether oxygens (including phenoxy) is 2. The molecule has 0 saturated carbocycles. The van der Waals surface area contributed by atoms with Crippen molar-refractivity contribution in [3.63, 3.8) is 0 Å². The van der Waals surface area contributed by atoms with Gasteiger partial charge in [0.2, 0.25) is 0 Å². The van der Waals surface area contributed by atoms with E-state index in [9.17, 15) is 4.79 Å². The number of anilines is 1. The molecule has 0 aromatic carbocycles. The van der Waals surface area contributed by atoms with Crippen molar-refractivity contribution in [3.8, 4) is 0 Å². The summed E-state index contributed by atoms with van der Waals surface area (Å²) in [6, 6.07) is 1.52. The number of hydrogen-bond donors (Lipinski definition) is 1. The molecule has 0 bridgehead atoms. The summed E-state index contributed by atoms with van der Waals surface area (Å²) in [5.74, 6) is 1.10. The minimum absolute atomic E-state index is 0.117. The van der Waals surface area contributed by atoms with Gasteiger partial charge in [0.15, 0.2) is 5.82 Å². The molecular formula is C15H23N3O4. The van der Waals surface area contributed by atoms with Crippen LogP contribution >= 0.6 is 0 Å². The highest BCUT2D eigenvalue weighted by Crippen LogP contribution is 2.18. The zero-order chi connectivity index (χ0) is 15.4. The Morgan fingerprint density at radius 1 is 1.27 bits per heavy atom. The number of rotatable bonds is 5. The van der Waals surface area contributed by atoms with Gasteiger partial charge in [0.25, 0.3) is 0 Å². The van der Waals surface area contributed by atoms with Gasteiger partial charge in [0.1, 0.15) is 5.76 Å². The summed E-state index contributed by atoms with van der Waals surface area (Å²) in [6.45, 7) is 4.52. The van der Waals surface area contributed by atoms with E-state index in [1.807, 2.05) is 0 Å². The summed E-state index contributed by atoms with van der Waals surface area (Å²) in [7, 11) is 0. The lowest BCUT2D eigenvalue weighted by molar-refractivity contribution is 0.0524. The quantitative estimate of drug-likeness (QED) is 0.902. The lowest BCUT2D eigenvalue weighted by atomic mass is 10.2. The van der Waals surface area contributed by atoms with E-state index < -0.39 is 0 Å². The Hall–Kier alpha value is -1.60. The third-order valence-electron chi connectivity index (χ3n) is 4.05. The summed E-state index contributed by atoms with van der Waals surface area (Å²) in [5.41, 5.74) is 0. The van der Waals surface area contributed by atoms with Crippen molar-refractivity contribution in [2.45, 2.75) is 44.8 Å². The zero-order valence-corrected chi connectivity index (χ0v) is 12.9. The van der Waals surface area contributed by atoms with Crippen molar-refractivity contribution in [2.75, 3.05) is 31.6 Å². The van der Waals surface area contributed by atoms with Crippen molar-refractivity contribution < 1.29 is 18.8 Å². The molecule has 2 atom stereocenters. The molecule has 122 valence electrons. The van der Waals surface area contributed by atoms with Crippen molar-refractivity contribution in [1.29, 1.82) is 0 Å². The van der Waals surface area contributed by atoms with Gasteiger partial charge in [-0.15, -0.1) is 0 Å². The number of hydrogen-bond acceptors (Lipinski definition) is 5. The summed E-state index contributed by atoms with van der Waals surface area (Å²) in [6.07, 6.45) is 4.35. The predicted octanol–water partition coefficient (Wildman–Crippen LogP) is 2.17. The fourth-order valence-corrected chi connectivity index (χ4v) is 2.92. The van der Waals surface area contributed by atoms with Gasteiger partial charge in [0.05, 0.1) is 12.2 Å². The van der Waals surface area contributed by atoms with E-state index in [1.54, 1.807) is 17.9 Å². The van der Waals surface area contributed by atoms with Crippen LogP contribution in [0.5, 0.6) is 0 Å². The zero-order valence-electron chi connectivity index (χ0n) is 12.9. The molecule has 2 amide bonds. The smallest absolute Gasteiger partial charge is 0.323 e. The Labute approximate surface area is 129 Å². The number of nitrogens with zero attached hydrogens (tertiary/aromatic N) is 2. The van der Waals surface area contributed by atoms with Crippen molar-refractivity contribution in [3.05, 3.63) is 11.8 Å². The second-order valence-electron chi connectivity index (χ2n) is 5.93. The average Bonchev–Trinajstić information content (AvgIpc) is 3.21. The molecule has 3 heterocycles. The number of carbonyl (C=O) groups excluding carboxylic acids is 1. The molecule has 22 heavy (non-hydrogen) atoms. The van der Waals surface area contributed by atoms with Gasteiger partial charge in [0, 0.05) is 32.4 Å². The molecule has 7 heteroatoms. The summed E-state index contributed by atoms with van der Waals surface area (Å²) < 4.78 is 16.3. The summed E-state index contributed by atoms with van der Waals surface area (Å²) >= 11 is 0. The van der Waals surface area contributed by atoms with Gasteiger partial charge in [-0.25, -0.2) is 4.79 Å². The molecule has 2 fully saturated rings. The molecule has 1 N–H and O–H groups in total. The summed E-state index contributed by atoms with van der Waals surface area (Å²) in [5, 5.41) is 6.59. The van der Waals surface area contributed by atoms with E-state index in [4.69, 9.17) is 14.0 Å². The molecule has 0 radical (unpaired) electrons. The lowest BCUT2D eigenvalue weighted by Crippen LogP contribution is -2.44. The van der Waals surface area contributed by atoms with E-state index in [2.05, 4.69) is 10.5 Å². The van der Waals surface area contributed by atoms with E-state index in [0.717, 1.165) is 38.9 Å². The van der Waals surface area contributed by atoms with Crippen LogP contribution in [0, 0.1) is 6.92 Å². The third kappa shape index (κ3) is 3.98. The number of aromatic nitrogens is 1. The van der Waals surface area contributed by atoms with Gasteiger partial charge in [-0.3, -0.25) is 5.32 Å². The lowest BCUT2D eigenvalue weighted by Gasteiger charge is -2.27. The Morgan fingerprint density at radius 2 is 1.91 bits per heavy atom. The molecule has 2 aliphatic rings. The summed E-state index contributed by atoms with van der Waals surface area (Å²) in [4.78, 5) is 14.3. The first-order chi connectivity index (χ1) is 10.7. The molecule has 1 aromatic heterocycles. The van der Waals surface area contributed by atoms with E-state index in [1.165, 1.54) is 0 Å². The predicted molar refractivity (Wildman–Crippen MR) is 79.8 cm³/mol. The second-order valence-corrected chi connectivity index (χ2v) is 5.93. The van der Waals surface area contributed by atoms with Gasteiger partial charge in [-0.05, 0) is 32.6 Å². The second kappa shape index (κ2) is 7.11. The van der Waals surface area contributed by atoms with Crippen molar-refractivity contribution in [1.82, 2.24) is 10.1 Å². The van der Waals surface area contributed by atoms with Gasteiger partial charge >= 0.3 is 6.03 Å². The Morgan fingerprint density at radius 3 is 2.36 bits per heavy atom. The van der Waals surface area contributed by atoms with E-state index >= 15 is 0 Å². The highest BCUT2D eigenvalue weighted by molar-refractivity contribution is 5.88. The third-order valence-corrected chi connectivity index (χ3v) is 4.05. The molecule has 3 rings (SSSR count). The topological polar surface area (TPSA) is 76.8 Å². The monoisotopic (exact) mass is 309 g/mol. The maximum atomic E-state index is 12.5. The van der Waals surface area contributed by atoms with Gasteiger partial charge in [-0.1, -0.05) is 5.16 Å². The van der Waals surface area contributed by atoms with Crippen LogP contribution in [0.3, 0.4) is 0 Å². The number of urea groups is 1. The van der Waals surface area contributed by atoms with Gasteiger partial charge in [-0.2, -0.15) is 0 Å². The first-order valence-electron chi connectivity index (χ1n) is 7.93. The maximum Gasteiger partial charge on any atom is 0.323 e. The van der Waals surface area contributed by atoms with Crippen LogP contribution in [0.4, 0.5) is 10.6 Å². The molecule has 0 spiro atoms. The van der Waals surface area contributed by atoms with Crippen LogP contribution in [-0.4, -0.2) is 54.6 Å². The first-order valence-corrected chi connectivity index (χ1v) is 7.93. The van der Waals surface area contributed by atoms with Crippen LogP contribution in [0.2, 0.25) is 0 Å². The van der Waals surface area contributed by atoms with Crippen molar-refractivity contribution >= 4 is 11.8 Å². The van der Waals surface area contributed by atoms with Crippen LogP contribution in [-0.2, 0) is 9.47 Å². The Kier molecular flexibility index (Phi) is 4.94. The molecule has 2 aliphatic heterocycles. The molecule has 7 nitrogen and oxygen atoms in total. The van der Waals surface area contributed by atoms with E-state index in [0.29, 0.717) is 24.7 Å².